The molecule has 6 nitrogen and oxygen atoms in total. The summed E-state index contributed by atoms with van der Waals surface area (Å²) in [6, 6.07) is 9.91. The van der Waals surface area contributed by atoms with E-state index in [1.165, 1.54) is 5.56 Å². The summed E-state index contributed by atoms with van der Waals surface area (Å²) < 4.78 is 0. The van der Waals surface area contributed by atoms with Crippen molar-refractivity contribution in [2.75, 3.05) is 18.0 Å². The second-order valence-electron chi connectivity index (χ2n) is 8.86. The van der Waals surface area contributed by atoms with Crippen molar-refractivity contribution in [3.05, 3.63) is 47.3 Å². The molecule has 4 rings (SSSR count). The van der Waals surface area contributed by atoms with Crippen molar-refractivity contribution in [3.8, 4) is 0 Å². The molecule has 2 aliphatic heterocycles. The minimum Gasteiger partial charge on any atom is -0.334 e. The van der Waals surface area contributed by atoms with Gasteiger partial charge in [-0.2, -0.15) is 5.10 Å². The number of para-hydroxylation sites is 1. The molecule has 0 saturated carbocycles. The first-order chi connectivity index (χ1) is 15.1. The van der Waals surface area contributed by atoms with E-state index in [2.05, 4.69) is 30.1 Å². The van der Waals surface area contributed by atoms with Crippen LogP contribution in [0.4, 0.5) is 5.69 Å². The molecule has 1 atom stereocenters. The summed E-state index contributed by atoms with van der Waals surface area (Å²) in [5.74, 6) is 0.293. The molecule has 1 saturated heterocycles. The fraction of sp³-hybridized carbons (Fsp3) is 0.560. The number of piperidine rings is 1. The molecule has 0 spiro atoms. The first-order valence-electron chi connectivity index (χ1n) is 11.9. The van der Waals surface area contributed by atoms with Crippen molar-refractivity contribution in [2.24, 2.45) is 5.92 Å². The molecule has 0 bridgehead atoms. The maximum absolute atomic E-state index is 13.4. The van der Waals surface area contributed by atoms with Crippen LogP contribution in [0, 0.1) is 5.92 Å². The zero-order valence-electron chi connectivity index (χ0n) is 18.8. The van der Waals surface area contributed by atoms with Gasteiger partial charge < -0.3 is 9.80 Å². The molecular formula is C25H34N4O2. The third-order valence-corrected chi connectivity index (χ3v) is 6.72. The Morgan fingerprint density at radius 3 is 2.68 bits per heavy atom. The van der Waals surface area contributed by atoms with Gasteiger partial charge in [-0.05, 0) is 56.2 Å². The number of nitrogens with one attached hydrogen (secondary N) is 1. The molecule has 0 aliphatic carbocycles. The van der Waals surface area contributed by atoms with Crippen LogP contribution in [0.3, 0.4) is 0 Å². The van der Waals surface area contributed by atoms with Crippen molar-refractivity contribution in [3.63, 3.8) is 0 Å². The molecule has 2 aliphatic rings. The van der Waals surface area contributed by atoms with Crippen molar-refractivity contribution in [1.29, 1.82) is 0 Å². The first kappa shape index (κ1) is 21.6. The number of likely N-dealkylation sites (tertiary alicyclic amines) is 1. The van der Waals surface area contributed by atoms with Crippen LogP contribution >= 0.6 is 0 Å². The van der Waals surface area contributed by atoms with Gasteiger partial charge in [-0.25, -0.2) is 0 Å². The SMILES string of the molecule is CCCC(CCC)C(=O)N1CCCCC1c1cc(C(=O)N2CCc3ccccc32)n[nH]1. The predicted molar refractivity (Wildman–Crippen MR) is 122 cm³/mol. The number of anilines is 1. The van der Waals surface area contributed by atoms with Gasteiger partial charge in [-0.1, -0.05) is 44.9 Å². The summed E-state index contributed by atoms with van der Waals surface area (Å²) in [6.45, 7) is 5.76. The molecule has 166 valence electrons. The number of hydrogen-bond donors (Lipinski definition) is 1. The second kappa shape index (κ2) is 9.67. The number of nitrogens with zero attached hydrogens (tertiary/aromatic N) is 3. The number of rotatable bonds is 7. The van der Waals surface area contributed by atoms with Gasteiger partial charge >= 0.3 is 0 Å². The minimum atomic E-state index is -0.0732. The van der Waals surface area contributed by atoms with Crippen LogP contribution in [-0.4, -0.2) is 40.0 Å². The number of amides is 2. The van der Waals surface area contributed by atoms with E-state index in [9.17, 15) is 9.59 Å². The maximum Gasteiger partial charge on any atom is 0.278 e. The lowest BCUT2D eigenvalue weighted by atomic mass is 9.92. The normalized spacial score (nSPS) is 18.5. The lowest BCUT2D eigenvalue weighted by Crippen LogP contribution is -2.42. The Labute approximate surface area is 185 Å². The fourth-order valence-corrected chi connectivity index (χ4v) is 5.15. The number of aromatic nitrogens is 2. The lowest BCUT2D eigenvalue weighted by molar-refractivity contribution is -0.140. The molecular weight excluding hydrogens is 388 g/mol. The maximum atomic E-state index is 13.4. The zero-order chi connectivity index (χ0) is 21.8. The fourth-order valence-electron chi connectivity index (χ4n) is 5.15. The van der Waals surface area contributed by atoms with Crippen molar-refractivity contribution in [1.82, 2.24) is 15.1 Å². The summed E-state index contributed by atoms with van der Waals surface area (Å²) in [5, 5.41) is 7.47. The molecule has 2 amide bonds. The Balaban J connectivity index is 1.53. The van der Waals surface area contributed by atoms with E-state index < -0.39 is 0 Å². The third kappa shape index (κ3) is 4.39. The van der Waals surface area contributed by atoms with E-state index in [0.717, 1.165) is 69.3 Å². The standard InChI is InChI=1S/C25H34N4O2/c1-3-9-19(10-4-2)24(30)28-15-8-7-13-23(28)20-17-21(27-26-20)25(31)29-16-14-18-11-5-6-12-22(18)29/h5-6,11-12,17,19,23H,3-4,7-10,13-16H2,1-2H3,(H,26,27). The van der Waals surface area contributed by atoms with Crippen LogP contribution in [0.1, 0.15) is 86.6 Å². The summed E-state index contributed by atoms with van der Waals surface area (Å²) in [6.07, 6.45) is 7.84. The topological polar surface area (TPSA) is 69.3 Å². The van der Waals surface area contributed by atoms with E-state index in [1.807, 2.05) is 34.1 Å². The lowest BCUT2D eigenvalue weighted by Gasteiger charge is -2.37. The molecule has 1 aromatic heterocycles. The monoisotopic (exact) mass is 422 g/mol. The number of carbonyl (C=O) groups excluding carboxylic acids is 2. The van der Waals surface area contributed by atoms with Crippen LogP contribution in [0.25, 0.3) is 0 Å². The number of benzene rings is 1. The van der Waals surface area contributed by atoms with E-state index in [1.54, 1.807) is 0 Å². The van der Waals surface area contributed by atoms with E-state index in [4.69, 9.17) is 0 Å². The van der Waals surface area contributed by atoms with Crippen molar-refractivity contribution >= 4 is 17.5 Å². The van der Waals surface area contributed by atoms with Gasteiger partial charge in [0, 0.05) is 24.7 Å². The van der Waals surface area contributed by atoms with Crippen LogP contribution < -0.4 is 4.90 Å². The van der Waals surface area contributed by atoms with E-state index in [0.29, 0.717) is 12.2 Å². The third-order valence-electron chi connectivity index (χ3n) is 6.72. The second-order valence-corrected chi connectivity index (χ2v) is 8.86. The van der Waals surface area contributed by atoms with Crippen molar-refractivity contribution < 1.29 is 9.59 Å². The Kier molecular flexibility index (Phi) is 6.73. The van der Waals surface area contributed by atoms with Gasteiger partial charge in [0.25, 0.3) is 5.91 Å². The van der Waals surface area contributed by atoms with Crippen LogP contribution in [0.2, 0.25) is 0 Å². The first-order valence-corrected chi connectivity index (χ1v) is 11.9. The van der Waals surface area contributed by atoms with Crippen LogP contribution in [0.5, 0.6) is 0 Å². The Bertz CT molecular complexity index is 916. The van der Waals surface area contributed by atoms with Gasteiger partial charge in [0.1, 0.15) is 0 Å². The van der Waals surface area contributed by atoms with Gasteiger partial charge in [0.05, 0.1) is 11.7 Å². The van der Waals surface area contributed by atoms with Gasteiger partial charge in [-0.3, -0.25) is 14.7 Å². The molecule has 6 heteroatoms. The molecule has 0 radical (unpaired) electrons. The number of hydrogen-bond acceptors (Lipinski definition) is 3. The largest absolute Gasteiger partial charge is 0.334 e. The van der Waals surface area contributed by atoms with Gasteiger partial charge in [0.2, 0.25) is 5.91 Å². The highest BCUT2D eigenvalue weighted by Gasteiger charge is 2.34. The summed E-state index contributed by atoms with van der Waals surface area (Å²) >= 11 is 0. The predicted octanol–water partition coefficient (Wildman–Crippen LogP) is 4.88. The highest BCUT2D eigenvalue weighted by molar-refractivity contribution is 6.06. The smallest absolute Gasteiger partial charge is 0.278 e. The minimum absolute atomic E-state index is 0.0163. The number of carbonyl (C=O) groups is 2. The molecule has 3 heterocycles. The molecule has 1 N–H and O–H groups in total. The summed E-state index contributed by atoms with van der Waals surface area (Å²) in [4.78, 5) is 30.4. The number of H-pyrrole nitrogens is 1. The number of aromatic amines is 1. The Hall–Kier alpha value is -2.63. The molecule has 1 unspecified atom stereocenters. The molecule has 1 fully saturated rings. The highest BCUT2D eigenvalue weighted by Crippen LogP contribution is 2.34. The Morgan fingerprint density at radius 1 is 1.13 bits per heavy atom. The average molecular weight is 423 g/mol. The highest BCUT2D eigenvalue weighted by atomic mass is 16.2. The molecule has 1 aromatic carbocycles. The van der Waals surface area contributed by atoms with Gasteiger partial charge in [0.15, 0.2) is 5.69 Å². The molecule has 2 aromatic rings. The van der Waals surface area contributed by atoms with Crippen molar-refractivity contribution in [2.45, 2.75) is 71.3 Å². The van der Waals surface area contributed by atoms with Crippen LogP contribution in [0.15, 0.2) is 30.3 Å². The zero-order valence-corrected chi connectivity index (χ0v) is 18.8. The van der Waals surface area contributed by atoms with E-state index >= 15 is 0 Å². The van der Waals surface area contributed by atoms with Gasteiger partial charge in [-0.15, -0.1) is 0 Å². The summed E-state index contributed by atoms with van der Waals surface area (Å²) in [5.41, 5.74) is 3.50. The summed E-state index contributed by atoms with van der Waals surface area (Å²) in [7, 11) is 0. The number of fused-ring (bicyclic) bond motifs is 1. The van der Waals surface area contributed by atoms with Crippen LogP contribution in [-0.2, 0) is 11.2 Å². The van der Waals surface area contributed by atoms with E-state index in [-0.39, 0.29) is 23.8 Å². The molecule has 31 heavy (non-hydrogen) atoms. The average Bonchev–Trinajstić information content (AvgIpc) is 3.46. The Morgan fingerprint density at radius 2 is 1.90 bits per heavy atom. The quantitative estimate of drug-likeness (QED) is 0.691.